The van der Waals surface area contributed by atoms with E-state index in [0.717, 1.165) is 38.7 Å². The molecule has 0 aliphatic carbocycles. The average molecular weight is 529 g/mol. The van der Waals surface area contributed by atoms with E-state index in [4.69, 9.17) is 27.3 Å². The molecule has 0 spiro atoms. The summed E-state index contributed by atoms with van der Waals surface area (Å²) in [6, 6.07) is 4.15. The lowest BCUT2D eigenvalue weighted by molar-refractivity contribution is -0.0591. The molecule has 9 nitrogen and oxygen atoms in total. The number of benzene rings is 1. The van der Waals surface area contributed by atoms with Crippen LogP contribution >= 0.6 is 11.6 Å². The number of urea groups is 1. The van der Waals surface area contributed by atoms with E-state index in [-0.39, 0.29) is 48.7 Å². The smallest absolute Gasteiger partial charge is 0.404 e. The Labute approximate surface area is 216 Å². The summed E-state index contributed by atoms with van der Waals surface area (Å²) in [6.07, 6.45) is 5.51. The molecule has 0 radical (unpaired) electrons. The van der Waals surface area contributed by atoms with Gasteiger partial charge in [-0.05, 0) is 63.9 Å². The molecule has 3 atom stereocenters. The number of hydrogen-bond acceptors (Lipinski definition) is 5. The molecule has 3 rings (SSSR count). The molecule has 1 aromatic carbocycles. The minimum Gasteiger partial charge on any atom is -0.465 e. The number of rotatable bonds is 10. The van der Waals surface area contributed by atoms with E-state index in [1.54, 1.807) is 11.0 Å². The summed E-state index contributed by atoms with van der Waals surface area (Å²) in [4.78, 5) is 25.5. The molecule has 0 aromatic heterocycles. The molecule has 202 valence electrons. The molecule has 2 heterocycles. The van der Waals surface area contributed by atoms with Crippen LogP contribution in [0.3, 0.4) is 0 Å². The topological polar surface area (TPSA) is 128 Å². The number of nitrogens with two attached hydrogens (primary N) is 1. The van der Waals surface area contributed by atoms with Crippen molar-refractivity contribution in [3.05, 3.63) is 34.6 Å². The predicted octanol–water partition coefficient (Wildman–Crippen LogP) is 4.07. The molecule has 1 aromatic rings. The number of hydrogen-bond donors (Lipinski definition) is 4. The van der Waals surface area contributed by atoms with Gasteiger partial charge in [0.25, 0.3) is 0 Å². The van der Waals surface area contributed by atoms with E-state index < -0.39 is 23.4 Å². The molecule has 1 unspecified atom stereocenters. The third-order valence-corrected chi connectivity index (χ3v) is 7.53. The standard InChI is InChI=1S/C25H38ClFN4O5/c26-21-11-3-10-20(22(21)27)25(35,12-6-13-29-23(32)33)18-7-4-14-30(17-18)24(34)31(28)15-5-9-19-8-1-2-16-36-19/h3,10-11,18-19,29,35H,1-2,4-9,12-17,28H2,(H,32,33)/t18-,19?,25+/m1/s1. The fourth-order valence-electron chi connectivity index (χ4n) is 5.29. The fourth-order valence-corrected chi connectivity index (χ4v) is 5.47. The van der Waals surface area contributed by atoms with Crippen molar-refractivity contribution >= 4 is 23.7 Å². The minimum absolute atomic E-state index is 0.0571. The lowest BCUT2D eigenvalue weighted by Crippen LogP contribution is -2.54. The molecule has 5 N–H and O–H groups in total. The number of halogens is 2. The van der Waals surface area contributed by atoms with Gasteiger partial charge in [0, 0.05) is 44.3 Å². The Morgan fingerprint density at radius 3 is 2.81 bits per heavy atom. The summed E-state index contributed by atoms with van der Waals surface area (Å²) in [6.45, 7) is 1.98. The summed E-state index contributed by atoms with van der Waals surface area (Å²) in [7, 11) is 0. The predicted molar refractivity (Wildman–Crippen MR) is 134 cm³/mol. The first kappa shape index (κ1) is 28.4. The Hall–Kier alpha value is -2.14. The Morgan fingerprint density at radius 1 is 1.28 bits per heavy atom. The van der Waals surface area contributed by atoms with Gasteiger partial charge in [0.1, 0.15) is 5.82 Å². The van der Waals surface area contributed by atoms with Crippen LogP contribution in [0.1, 0.15) is 63.4 Å². The largest absolute Gasteiger partial charge is 0.465 e. The monoisotopic (exact) mass is 528 g/mol. The van der Waals surface area contributed by atoms with Gasteiger partial charge in [-0.15, -0.1) is 0 Å². The van der Waals surface area contributed by atoms with E-state index >= 15 is 4.39 Å². The number of likely N-dealkylation sites (tertiary alicyclic amines) is 1. The Balaban J connectivity index is 1.66. The zero-order chi connectivity index (χ0) is 26.1. The Kier molecular flexibility index (Phi) is 10.6. The SMILES string of the molecule is NN(CCCC1CCCCO1)C(=O)N1CCC[C@@H]([C@@](O)(CCCNC(=O)O)c2cccc(Cl)c2F)C1. The fraction of sp³-hybridized carbons (Fsp3) is 0.680. The van der Waals surface area contributed by atoms with E-state index in [1.165, 1.54) is 17.1 Å². The van der Waals surface area contributed by atoms with Crippen LogP contribution in [0.4, 0.5) is 14.0 Å². The van der Waals surface area contributed by atoms with Crippen molar-refractivity contribution in [2.75, 3.05) is 32.8 Å². The van der Waals surface area contributed by atoms with Crippen molar-refractivity contribution in [2.45, 2.75) is 69.5 Å². The van der Waals surface area contributed by atoms with Crippen molar-refractivity contribution in [1.29, 1.82) is 0 Å². The minimum atomic E-state index is -1.63. The number of hydrazine groups is 1. The number of nitrogens with one attached hydrogen (secondary N) is 1. The summed E-state index contributed by atoms with van der Waals surface area (Å²) in [5.41, 5.74) is -1.58. The van der Waals surface area contributed by atoms with Crippen molar-refractivity contribution in [2.24, 2.45) is 11.8 Å². The van der Waals surface area contributed by atoms with E-state index in [9.17, 15) is 14.7 Å². The summed E-state index contributed by atoms with van der Waals surface area (Å²) in [5, 5.41) is 24.1. The van der Waals surface area contributed by atoms with Crippen LogP contribution < -0.4 is 11.2 Å². The maximum absolute atomic E-state index is 15.0. The zero-order valence-electron chi connectivity index (χ0n) is 20.6. The van der Waals surface area contributed by atoms with Crippen LogP contribution in [0.25, 0.3) is 0 Å². The Morgan fingerprint density at radius 2 is 2.08 bits per heavy atom. The van der Waals surface area contributed by atoms with Crippen molar-refractivity contribution < 1.29 is 28.9 Å². The van der Waals surface area contributed by atoms with Crippen LogP contribution in [0, 0.1) is 11.7 Å². The normalized spacial score (nSPS) is 22.1. The van der Waals surface area contributed by atoms with E-state index in [2.05, 4.69) is 5.32 Å². The second-order valence-electron chi connectivity index (χ2n) is 9.75. The van der Waals surface area contributed by atoms with Crippen molar-refractivity contribution in [3.63, 3.8) is 0 Å². The highest BCUT2D eigenvalue weighted by Gasteiger charge is 2.43. The molecular formula is C25H38ClFN4O5. The summed E-state index contributed by atoms with van der Waals surface area (Å²) in [5.74, 6) is 4.92. The van der Waals surface area contributed by atoms with Gasteiger partial charge in [-0.2, -0.15) is 0 Å². The number of piperidine rings is 1. The van der Waals surface area contributed by atoms with Gasteiger partial charge in [0.05, 0.1) is 16.7 Å². The van der Waals surface area contributed by atoms with Crippen LogP contribution in [-0.4, -0.2) is 71.1 Å². The molecule has 3 amide bonds. The molecule has 2 saturated heterocycles. The number of ether oxygens (including phenoxy) is 1. The third-order valence-electron chi connectivity index (χ3n) is 7.24. The first-order chi connectivity index (χ1) is 17.2. The number of nitrogens with zero attached hydrogens (tertiary/aromatic N) is 2. The van der Waals surface area contributed by atoms with Crippen molar-refractivity contribution in [3.8, 4) is 0 Å². The zero-order valence-corrected chi connectivity index (χ0v) is 21.4. The van der Waals surface area contributed by atoms with E-state index in [0.29, 0.717) is 25.9 Å². The average Bonchev–Trinajstić information content (AvgIpc) is 2.88. The lowest BCUT2D eigenvalue weighted by Gasteiger charge is -2.43. The second-order valence-corrected chi connectivity index (χ2v) is 10.2. The Bertz CT molecular complexity index is 888. The number of carbonyl (C=O) groups excluding carboxylic acids is 1. The molecule has 0 saturated carbocycles. The number of aliphatic hydroxyl groups is 1. The quantitative estimate of drug-likeness (QED) is 0.157. The van der Waals surface area contributed by atoms with Gasteiger partial charge in [0.15, 0.2) is 0 Å². The molecule has 2 aliphatic rings. The van der Waals surface area contributed by atoms with Crippen molar-refractivity contribution in [1.82, 2.24) is 15.2 Å². The van der Waals surface area contributed by atoms with Crippen LogP contribution in [-0.2, 0) is 10.3 Å². The highest BCUT2D eigenvalue weighted by molar-refractivity contribution is 6.30. The van der Waals surface area contributed by atoms with Gasteiger partial charge in [0.2, 0.25) is 0 Å². The summed E-state index contributed by atoms with van der Waals surface area (Å²) >= 11 is 6.01. The highest BCUT2D eigenvalue weighted by atomic mass is 35.5. The number of carbonyl (C=O) groups is 2. The molecule has 0 bridgehead atoms. The molecule has 2 fully saturated rings. The molecular weight excluding hydrogens is 491 g/mol. The van der Waals surface area contributed by atoms with Crippen LogP contribution in [0.15, 0.2) is 18.2 Å². The summed E-state index contributed by atoms with van der Waals surface area (Å²) < 4.78 is 20.8. The number of carboxylic acid groups (broad SMARTS) is 1. The number of amides is 3. The van der Waals surface area contributed by atoms with Gasteiger partial charge in [-0.3, -0.25) is 5.01 Å². The maximum Gasteiger partial charge on any atom is 0.404 e. The first-order valence-corrected chi connectivity index (χ1v) is 13.2. The lowest BCUT2D eigenvalue weighted by atomic mass is 9.74. The van der Waals surface area contributed by atoms with Crippen LogP contribution in [0.5, 0.6) is 0 Å². The highest BCUT2D eigenvalue weighted by Crippen LogP contribution is 2.41. The van der Waals surface area contributed by atoms with Gasteiger partial charge in [-0.1, -0.05) is 23.7 Å². The maximum atomic E-state index is 15.0. The second kappa shape index (κ2) is 13.4. The molecule has 2 aliphatic heterocycles. The first-order valence-electron chi connectivity index (χ1n) is 12.8. The van der Waals surface area contributed by atoms with Gasteiger partial charge in [-0.25, -0.2) is 19.8 Å². The van der Waals surface area contributed by atoms with Gasteiger partial charge < -0.3 is 25.2 Å². The molecule has 36 heavy (non-hydrogen) atoms. The van der Waals surface area contributed by atoms with E-state index in [1.807, 2.05) is 0 Å². The third kappa shape index (κ3) is 7.44. The van der Waals surface area contributed by atoms with Gasteiger partial charge >= 0.3 is 12.1 Å². The molecule has 11 heteroatoms. The van der Waals surface area contributed by atoms with Crippen LogP contribution in [0.2, 0.25) is 5.02 Å².